The van der Waals surface area contributed by atoms with Crippen molar-refractivity contribution in [3.05, 3.63) is 29.3 Å². The molecule has 0 bridgehead atoms. The summed E-state index contributed by atoms with van der Waals surface area (Å²) in [5.41, 5.74) is 0.140. The number of hydrogen-bond acceptors (Lipinski definition) is 1. The number of hydrogen-bond donors (Lipinski definition) is 0. The Balaban J connectivity index is 1.63. The number of benzene rings is 1. The van der Waals surface area contributed by atoms with Crippen LogP contribution in [0.3, 0.4) is 0 Å². The van der Waals surface area contributed by atoms with E-state index in [1.54, 1.807) is 0 Å². The summed E-state index contributed by atoms with van der Waals surface area (Å²) in [5.74, 6) is -1.94. The topological polar surface area (TPSA) is 9.23 Å². The van der Waals surface area contributed by atoms with Crippen molar-refractivity contribution in [3.63, 3.8) is 0 Å². The molecule has 3 rings (SSSR count). The molecule has 0 radical (unpaired) electrons. The summed E-state index contributed by atoms with van der Waals surface area (Å²) >= 11 is 0. The Labute approximate surface area is 163 Å². The lowest BCUT2D eigenvalue weighted by atomic mass is 9.68. The van der Waals surface area contributed by atoms with Gasteiger partial charge in [0, 0.05) is 5.56 Å². The van der Waals surface area contributed by atoms with Gasteiger partial charge in [-0.05, 0) is 68.3 Å². The zero-order valence-electron chi connectivity index (χ0n) is 16.3. The van der Waals surface area contributed by atoms with Crippen molar-refractivity contribution in [3.8, 4) is 5.75 Å². The molecule has 0 N–H and O–H groups in total. The van der Waals surface area contributed by atoms with Crippen LogP contribution in [0.15, 0.2) is 12.1 Å². The highest BCUT2D eigenvalue weighted by atomic mass is 19.4. The summed E-state index contributed by atoms with van der Waals surface area (Å²) < 4.78 is 69.4. The van der Waals surface area contributed by atoms with E-state index >= 15 is 0 Å². The van der Waals surface area contributed by atoms with Gasteiger partial charge in [-0.25, -0.2) is 4.39 Å². The van der Waals surface area contributed by atoms with Crippen LogP contribution in [0.4, 0.5) is 22.0 Å². The van der Waals surface area contributed by atoms with Crippen LogP contribution in [0.25, 0.3) is 0 Å². The Morgan fingerprint density at radius 1 is 0.893 bits per heavy atom. The van der Waals surface area contributed by atoms with Gasteiger partial charge in [0.1, 0.15) is 0 Å². The van der Waals surface area contributed by atoms with Crippen molar-refractivity contribution in [1.82, 2.24) is 0 Å². The highest BCUT2D eigenvalue weighted by Gasteiger charge is 2.37. The first-order valence-corrected chi connectivity index (χ1v) is 10.5. The predicted octanol–water partition coefficient (Wildman–Crippen LogP) is 7.74. The molecule has 2 aliphatic rings. The molecule has 0 spiro atoms. The van der Waals surface area contributed by atoms with E-state index in [9.17, 15) is 22.0 Å². The van der Waals surface area contributed by atoms with Crippen LogP contribution in [-0.4, -0.2) is 6.36 Å². The highest BCUT2D eigenvalue weighted by Crippen LogP contribution is 2.47. The van der Waals surface area contributed by atoms with E-state index in [1.807, 2.05) is 0 Å². The Morgan fingerprint density at radius 2 is 1.46 bits per heavy atom. The fraction of sp³-hybridized carbons (Fsp3) is 0.727. The van der Waals surface area contributed by atoms with Gasteiger partial charge in [-0.15, -0.1) is 13.2 Å². The minimum Gasteiger partial charge on any atom is -0.402 e. The van der Waals surface area contributed by atoms with Gasteiger partial charge < -0.3 is 4.74 Å². The zero-order valence-corrected chi connectivity index (χ0v) is 16.3. The van der Waals surface area contributed by atoms with Crippen molar-refractivity contribution < 1.29 is 26.7 Å². The van der Waals surface area contributed by atoms with Crippen LogP contribution in [0.5, 0.6) is 5.75 Å². The highest BCUT2D eigenvalue weighted by molar-refractivity contribution is 5.39. The molecule has 0 amide bonds. The maximum atomic E-state index is 14.0. The molecule has 158 valence electrons. The van der Waals surface area contributed by atoms with Crippen molar-refractivity contribution >= 4 is 0 Å². The van der Waals surface area contributed by atoms with Crippen LogP contribution < -0.4 is 4.74 Å². The molecule has 2 fully saturated rings. The molecule has 0 atom stereocenters. The van der Waals surface area contributed by atoms with Crippen molar-refractivity contribution in [1.29, 1.82) is 0 Å². The summed E-state index contributed by atoms with van der Waals surface area (Å²) in [6.07, 6.45) is 5.79. The Bertz CT molecular complexity index is 641. The second kappa shape index (κ2) is 9.00. The predicted molar refractivity (Wildman–Crippen MR) is 98.1 cm³/mol. The molecule has 0 aromatic heterocycles. The minimum absolute atomic E-state index is 0.140. The lowest BCUT2D eigenvalue weighted by Crippen LogP contribution is -2.26. The quantitative estimate of drug-likeness (QED) is 0.456. The fourth-order valence-corrected chi connectivity index (χ4v) is 5.35. The van der Waals surface area contributed by atoms with E-state index in [1.165, 1.54) is 44.6 Å². The zero-order chi connectivity index (χ0) is 20.3. The average Bonchev–Trinajstić information content (AvgIpc) is 2.66. The summed E-state index contributed by atoms with van der Waals surface area (Å²) in [6, 6.07) is 2.15. The monoisotopic (exact) mass is 404 g/mol. The molecule has 1 aromatic carbocycles. The van der Waals surface area contributed by atoms with Gasteiger partial charge >= 0.3 is 6.36 Å². The number of halogens is 5. The van der Waals surface area contributed by atoms with Crippen LogP contribution in [0, 0.1) is 29.4 Å². The van der Waals surface area contributed by atoms with Gasteiger partial charge in [0.05, 0.1) is 0 Å². The van der Waals surface area contributed by atoms with Crippen molar-refractivity contribution in [2.75, 3.05) is 0 Å². The largest absolute Gasteiger partial charge is 0.573 e. The van der Waals surface area contributed by atoms with Gasteiger partial charge in [0.25, 0.3) is 0 Å². The van der Waals surface area contributed by atoms with Crippen molar-refractivity contribution in [2.24, 2.45) is 17.8 Å². The fourth-order valence-electron chi connectivity index (χ4n) is 5.35. The normalized spacial score (nSPS) is 28.9. The first kappa shape index (κ1) is 21.4. The van der Waals surface area contributed by atoms with E-state index in [0.29, 0.717) is 24.7 Å². The van der Waals surface area contributed by atoms with Gasteiger partial charge in [0.2, 0.25) is 5.82 Å². The maximum absolute atomic E-state index is 14.0. The lowest BCUT2D eigenvalue weighted by Gasteiger charge is -2.38. The molecule has 2 saturated carbocycles. The number of rotatable bonds is 5. The molecule has 0 saturated heterocycles. The van der Waals surface area contributed by atoms with Crippen LogP contribution in [0.1, 0.15) is 82.6 Å². The van der Waals surface area contributed by atoms with Gasteiger partial charge in [-0.1, -0.05) is 38.7 Å². The number of alkyl halides is 3. The molecule has 0 aliphatic heterocycles. The first-order valence-electron chi connectivity index (χ1n) is 10.5. The Morgan fingerprint density at radius 3 is 2.00 bits per heavy atom. The van der Waals surface area contributed by atoms with Crippen LogP contribution >= 0.6 is 0 Å². The van der Waals surface area contributed by atoms with Crippen molar-refractivity contribution in [2.45, 2.75) is 83.4 Å². The molecule has 1 aromatic rings. The summed E-state index contributed by atoms with van der Waals surface area (Å²) in [5, 5.41) is 0. The third kappa shape index (κ3) is 5.18. The molecular formula is C22H29F5O. The Kier molecular flexibility index (Phi) is 6.87. The lowest BCUT2D eigenvalue weighted by molar-refractivity contribution is -0.276. The second-order valence-electron chi connectivity index (χ2n) is 8.51. The van der Waals surface area contributed by atoms with E-state index < -0.39 is 23.7 Å². The molecule has 2 aliphatic carbocycles. The Hall–Kier alpha value is -1.33. The minimum atomic E-state index is -5.04. The number of ether oxygens (including phenoxy) is 1. The van der Waals surface area contributed by atoms with Gasteiger partial charge in [-0.3, -0.25) is 0 Å². The summed E-state index contributed by atoms with van der Waals surface area (Å²) in [7, 11) is 0. The maximum Gasteiger partial charge on any atom is 0.573 e. The molecule has 28 heavy (non-hydrogen) atoms. The van der Waals surface area contributed by atoms with E-state index in [0.717, 1.165) is 24.8 Å². The van der Waals surface area contributed by atoms with Gasteiger partial charge in [0.15, 0.2) is 11.6 Å². The summed E-state index contributed by atoms with van der Waals surface area (Å²) in [6.45, 7) is 2.22. The molecular weight excluding hydrogens is 375 g/mol. The van der Waals surface area contributed by atoms with E-state index in [4.69, 9.17) is 0 Å². The van der Waals surface area contributed by atoms with Crippen LogP contribution in [-0.2, 0) is 0 Å². The molecule has 0 unspecified atom stereocenters. The standard InChI is InChI=1S/C22H29F5O/c1-2-3-14-4-6-15(7-5-14)16-8-10-17(11-9-16)18-12-13-19(23)20(24)21(18)28-22(25,26)27/h12-17H,2-11H2,1H3. The third-order valence-corrected chi connectivity index (χ3v) is 6.76. The van der Waals surface area contributed by atoms with E-state index in [-0.39, 0.29) is 11.5 Å². The molecule has 6 heteroatoms. The molecule has 0 heterocycles. The summed E-state index contributed by atoms with van der Waals surface area (Å²) in [4.78, 5) is 0. The smallest absolute Gasteiger partial charge is 0.402 e. The SMILES string of the molecule is CCCC1CCC(C2CCC(c3ccc(F)c(F)c3OC(F)(F)F)CC2)CC1. The average molecular weight is 404 g/mol. The van der Waals surface area contributed by atoms with E-state index in [2.05, 4.69) is 11.7 Å². The third-order valence-electron chi connectivity index (χ3n) is 6.76. The first-order chi connectivity index (χ1) is 13.3. The van der Waals surface area contributed by atoms with Gasteiger partial charge in [-0.2, -0.15) is 4.39 Å². The van der Waals surface area contributed by atoms with Crippen LogP contribution in [0.2, 0.25) is 0 Å². The molecule has 1 nitrogen and oxygen atoms in total. The second-order valence-corrected chi connectivity index (χ2v) is 8.51.